The van der Waals surface area contributed by atoms with E-state index < -0.39 is 0 Å². The van der Waals surface area contributed by atoms with Gasteiger partial charge >= 0.3 is 0 Å². The molecule has 0 radical (unpaired) electrons. The summed E-state index contributed by atoms with van der Waals surface area (Å²) < 4.78 is 11.1. The van der Waals surface area contributed by atoms with Gasteiger partial charge in [-0.1, -0.05) is 5.16 Å². The van der Waals surface area contributed by atoms with Gasteiger partial charge in [0.2, 0.25) is 11.8 Å². The van der Waals surface area contributed by atoms with Gasteiger partial charge in [0.1, 0.15) is 0 Å². The Hall–Kier alpha value is -2.02. The third kappa shape index (κ3) is 2.56. The minimum Gasteiger partial charge on any atom is -0.381 e. The summed E-state index contributed by atoms with van der Waals surface area (Å²) in [5, 5.41) is 3.87. The average molecular weight is 301 g/mol. The summed E-state index contributed by atoms with van der Waals surface area (Å²) >= 11 is 0. The molecule has 4 rings (SSSR count). The third-order valence-corrected chi connectivity index (χ3v) is 4.60. The number of hydrogen-bond donors (Lipinski definition) is 0. The molecule has 2 aliphatic heterocycles. The fraction of sp³-hybridized carbons (Fsp3) is 0.600. The molecule has 3 atom stereocenters. The first kappa shape index (κ1) is 13.6. The van der Waals surface area contributed by atoms with Crippen LogP contribution in [0.2, 0.25) is 0 Å². The van der Waals surface area contributed by atoms with E-state index in [2.05, 4.69) is 25.0 Å². The van der Waals surface area contributed by atoms with E-state index in [1.807, 2.05) is 13.0 Å². The maximum absolute atomic E-state index is 5.80. The Morgan fingerprint density at radius 3 is 2.86 bits per heavy atom. The van der Waals surface area contributed by atoms with Crippen LogP contribution in [-0.2, 0) is 11.2 Å². The number of aromatic nitrogens is 4. The Morgan fingerprint density at radius 2 is 2.09 bits per heavy atom. The predicted molar refractivity (Wildman–Crippen MR) is 78.3 cm³/mol. The van der Waals surface area contributed by atoms with Gasteiger partial charge in [0.05, 0.1) is 13.2 Å². The van der Waals surface area contributed by atoms with E-state index in [0.717, 1.165) is 38.7 Å². The minimum atomic E-state index is 0.410. The second-order valence-corrected chi connectivity index (χ2v) is 6.11. The third-order valence-electron chi connectivity index (χ3n) is 4.60. The molecule has 0 aliphatic carbocycles. The van der Waals surface area contributed by atoms with Crippen LogP contribution in [0.3, 0.4) is 0 Å². The zero-order chi connectivity index (χ0) is 14.9. The van der Waals surface area contributed by atoms with Crippen LogP contribution < -0.4 is 4.90 Å². The van der Waals surface area contributed by atoms with Crippen molar-refractivity contribution < 1.29 is 9.26 Å². The van der Waals surface area contributed by atoms with Gasteiger partial charge < -0.3 is 14.2 Å². The number of aryl methyl sites for hydroxylation is 1. The molecule has 2 aromatic heterocycles. The molecule has 0 saturated carbocycles. The average Bonchev–Trinajstić information content (AvgIpc) is 3.15. The van der Waals surface area contributed by atoms with Crippen molar-refractivity contribution in [3.8, 4) is 0 Å². The smallest absolute Gasteiger partial charge is 0.227 e. The first-order valence-electron chi connectivity index (χ1n) is 7.68. The second-order valence-electron chi connectivity index (χ2n) is 6.11. The SMILES string of the molecule is Cc1noc(C[C@@H]2COC[C@H]3CN(c4ncccn4)C[C@@H]23)n1. The standard InChI is InChI=1S/C15H19N5O2/c1-10-18-14(22-19-10)5-11-8-21-9-12-6-20(7-13(11)12)15-16-3-2-4-17-15/h2-4,11-13H,5-9H2,1H3/t11-,12-,13+/m1/s1. The largest absolute Gasteiger partial charge is 0.381 e. The van der Waals surface area contributed by atoms with E-state index in [1.54, 1.807) is 12.4 Å². The van der Waals surface area contributed by atoms with E-state index in [1.165, 1.54) is 0 Å². The van der Waals surface area contributed by atoms with E-state index in [-0.39, 0.29) is 0 Å². The van der Waals surface area contributed by atoms with Gasteiger partial charge in [-0.25, -0.2) is 9.97 Å². The van der Waals surface area contributed by atoms with Crippen molar-refractivity contribution in [1.29, 1.82) is 0 Å². The monoisotopic (exact) mass is 301 g/mol. The minimum absolute atomic E-state index is 0.410. The summed E-state index contributed by atoms with van der Waals surface area (Å²) in [6.07, 6.45) is 4.37. The molecule has 7 heteroatoms. The topological polar surface area (TPSA) is 77.2 Å². The Morgan fingerprint density at radius 1 is 1.23 bits per heavy atom. The van der Waals surface area contributed by atoms with Crippen molar-refractivity contribution in [2.45, 2.75) is 13.3 Å². The van der Waals surface area contributed by atoms with Crippen LogP contribution in [0, 0.1) is 24.7 Å². The molecule has 0 N–H and O–H groups in total. The Balaban J connectivity index is 1.49. The van der Waals surface area contributed by atoms with Crippen LogP contribution in [0.15, 0.2) is 23.0 Å². The molecule has 2 aliphatic rings. The lowest BCUT2D eigenvalue weighted by Crippen LogP contribution is -2.36. The molecule has 2 fully saturated rings. The first-order chi connectivity index (χ1) is 10.8. The summed E-state index contributed by atoms with van der Waals surface area (Å²) in [4.78, 5) is 15.3. The molecule has 4 heterocycles. The molecule has 2 saturated heterocycles. The molecular weight excluding hydrogens is 282 g/mol. The number of ether oxygens (including phenoxy) is 1. The molecule has 0 bridgehead atoms. The van der Waals surface area contributed by atoms with E-state index >= 15 is 0 Å². The van der Waals surface area contributed by atoms with Gasteiger partial charge in [-0.05, 0) is 24.8 Å². The highest BCUT2D eigenvalue weighted by Gasteiger charge is 2.42. The van der Waals surface area contributed by atoms with Gasteiger partial charge in [-0.3, -0.25) is 0 Å². The van der Waals surface area contributed by atoms with Crippen molar-refractivity contribution in [3.63, 3.8) is 0 Å². The van der Waals surface area contributed by atoms with Gasteiger partial charge in [0.25, 0.3) is 0 Å². The highest BCUT2D eigenvalue weighted by atomic mass is 16.5. The normalized spacial score (nSPS) is 27.9. The van der Waals surface area contributed by atoms with Crippen molar-refractivity contribution in [3.05, 3.63) is 30.2 Å². The highest BCUT2D eigenvalue weighted by molar-refractivity contribution is 5.31. The van der Waals surface area contributed by atoms with Crippen molar-refractivity contribution >= 4 is 5.95 Å². The molecule has 7 nitrogen and oxygen atoms in total. The van der Waals surface area contributed by atoms with E-state index in [4.69, 9.17) is 9.26 Å². The summed E-state index contributed by atoms with van der Waals surface area (Å²) in [6, 6.07) is 1.84. The number of nitrogens with zero attached hydrogens (tertiary/aromatic N) is 5. The lowest BCUT2D eigenvalue weighted by molar-refractivity contribution is -0.0110. The van der Waals surface area contributed by atoms with Crippen LogP contribution in [0.25, 0.3) is 0 Å². The molecule has 22 heavy (non-hydrogen) atoms. The molecule has 116 valence electrons. The summed E-state index contributed by atoms with van der Waals surface area (Å²) in [5.41, 5.74) is 0. The maximum Gasteiger partial charge on any atom is 0.227 e. The fourth-order valence-corrected chi connectivity index (χ4v) is 3.58. The van der Waals surface area contributed by atoms with Gasteiger partial charge in [0.15, 0.2) is 5.82 Å². The first-order valence-corrected chi connectivity index (χ1v) is 7.68. The summed E-state index contributed by atoms with van der Waals surface area (Å²) in [5.74, 6) is 3.70. The van der Waals surface area contributed by atoms with Crippen molar-refractivity contribution in [1.82, 2.24) is 20.1 Å². The molecule has 0 spiro atoms. The Labute approximate surface area is 128 Å². The number of anilines is 1. The maximum atomic E-state index is 5.80. The van der Waals surface area contributed by atoms with Gasteiger partial charge in [-0.2, -0.15) is 4.98 Å². The van der Waals surface area contributed by atoms with Crippen LogP contribution in [-0.4, -0.2) is 46.4 Å². The zero-order valence-electron chi connectivity index (χ0n) is 12.6. The van der Waals surface area contributed by atoms with Crippen molar-refractivity contribution in [2.24, 2.45) is 17.8 Å². The summed E-state index contributed by atoms with van der Waals surface area (Å²) in [7, 11) is 0. The second kappa shape index (κ2) is 5.64. The van der Waals surface area contributed by atoms with Crippen LogP contribution >= 0.6 is 0 Å². The Kier molecular flexibility index (Phi) is 3.49. The lowest BCUT2D eigenvalue weighted by Gasteiger charge is -2.31. The Bertz CT molecular complexity index is 632. The van der Waals surface area contributed by atoms with Crippen LogP contribution in [0.5, 0.6) is 0 Å². The van der Waals surface area contributed by atoms with Crippen LogP contribution in [0.1, 0.15) is 11.7 Å². The zero-order valence-corrected chi connectivity index (χ0v) is 12.6. The number of rotatable bonds is 3. The summed E-state index contributed by atoms with van der Waals surface area (Å²) in [6.45, 7) is 5.33. The van der Waals surface area contributed by atoms with Gasteiger partial charge in [0, 0.05) is 37.8 Å². The predicted octanol–water partition coefficient (Wildman–Crippen LogP) is 1.11. The van der Waals surface area contributed by atoms with E-state index in [0.29, 0.717) is 29.5 Å². The van der Waals surface area contributed by atoms with Crippen molar-refractivity contribution in [2.75, 3.05) is 31.2 Å². The highest BCUT2D eigenvalue weighted by Crippen LogP contribution is 2.36. The quantitative estimate of drug-likeness (QED) is 0.840. The molecule has 0 unspecified atom stereocenters. The fourth-order valence-electron chi connectivity index (χ4n) is 3.58. The lowest BCUT2D eigenvalue weighted by atomic mass is 9.81. The number of hydrogen-bond acceptors (Lipinski definition) is 7. The number of fused-ring (bicyclic) bond motifs is 1. The van der Waals surface area contributed by atoms with Gasteiger partial charge in [-0.15, -0.1) is 0 Å². The van der Waals surface area contributed by atoms with Crippen LogP contribution in [0.4, 0.5) is 5.95 Å². The molecule has 0 aromatic carbocycles. The van der Waals surface area contributed by atoms with E-state index in [9.17, 15) is 0 Å². The molecular formula is C15H19N5O2. The molecule has 2 aromatic rings. The molecule has 0 amide bonds.